The Balaban J connectivity index is 1.49. The van der Waals surface area contributed by atoms with Gasteiger partial charge in [-0.3, -0.25) is 4.79 Å². The van der Waals surface area contributed by atoms with E-state index in [1.54, 1.807) is 32.4 Å². The van der Waals surface area contributed by atoms with Crippen molar-refractivity contribution in [1.29, 1.82) is 0 Å². The Morgan fingerprint density at radius 3 is 2.30 bits per heavy atom. The van der Waals surface area contributed by atoms with E-state index >= 15 is 0 Å². The molecule has 0 aliphatic carbocycles. The molecule has 0 unspecified atom stereocenters. The Bertz CT molecular complexity index is 857. The van der Waals surface area contributed by atoms with Crippen LogP contribution in [0.1, 0.15) is 10.4 Å². The number of carbonyl (C=O) groups is 1. The zero-order chi connectivity index (χ0) is 19.1. The lowest BCUT2D eigenvalue weighted by molar-refractivity contribution is 0.0954. The van der Waals surface area contributed by atoms with Gasteiger partial charge in [0.25, 0.3) is 5.91 Å². The molecule has 0 aliphatic rings. The van der Waals surface area contributed by atoms with Crippen molar-refractivity contribution in [3.8, 4) is 17.3 Å². The Labute approximate surface area is 157 Å². The molecule has 1 aromatic carbocycles. The van der Waals surface area contributed by atoms with Gasteiger partial charge in [-0.1, -0.05) is 0 Å². The summed E-state index contributed by atoms with van der Waals surface area (Å²) in [6.45, 7) is 0.948. The lowest BCUT2D eigenvalue weighted by Crippen LogP contribution is -2.29. The number of benzene rings is 1. The second-order valence-corrected chi connectivity index (χ2v) is 5.65. The molecule has 1 amide bonds. The van der Waals surface area contributed by atoms with Gasteiger partial charge in [-0.05, 0) is 36.4 Å². The number of hydrogen-bond acceptors (Lipinski definition) is 6. The maximum atomic E-state index is 12.3. The van der Waals surface area contributed by atoms with Crippen LogP contribution in [0.5, 0.6) is 11.5 Å². The number of rotatable bonds is 8. The minimum Gasteiger partial charge on any atom is -0.497 e. The summed E-state index contributed by atoms with van der Waals surface area (Å²) < 4.78 is 12.2. The lowest BCUT2D eigenvalue weighted by Gasteiger charge is -2.10. The van der Waals surface area contributed by atoms with Crippen LogP contribution in [0.2, 0.25) is 0 Å². The second kappa shape index (κ2) is 8.70. The quantitative estimate of drug-likeness (QED) is 0.593. The van der Waals surface area contributed by atoms with Crippen LogP contribution in [0.15, 0.2) is 54.9 Å². The topological polar surface area (TPSA) is 90.3 Å². The first kappa shape index (κ1) is 18.2. The van der Waals surface area contributed by atoms with Gasteiger partial charge in [0.15, 0.2) is 5.82 Å². The lowest BCUT2D eigenvalue weighted by atomic mass is 10.2. The van der Waals surface area contributed by atoms with Crippen molar-refractivity contribution in [2.24, 2.45) is 0 Å². The molecular weight excluding hydrogens is 346 g/mol. The molecule has 140 valence electrons. The molecule has 0 saturated carbocycles. The molecule has 2 N–H and O–H groups in total. The number of anilines is 1. The van der Waals surface area contributed by atoms with E-state index in [-0.39, 0.29) is 5.91 Å². The number of carbonyl (C=O) groups excluding carboxylic acids is 1. The van der Waals surface area contributed by atoms with Crippen LogP contribution in [0.4, 0.5) is 5.82 Å². The number of nitrogens with zero attached hydrogens (tertiary/aromatic N) is 3. The van der Waals surface area contributed by atoms with Crippen LogP contribution >= 0.6 is 0 Å². The van der Waals surface area contributed by atoms with E-state index < -0.39 is 0 Å². The molecule has 0 atom stereocenters. The van der Waals surface area contributed by atoms with Crippen LogP contribution in [0.25, 0.3) is 5.82 Å². The smallest absolute Gasteiger partial charge is 0.251 e. The zero-order valence-electron chi connectivity index (χ0n) is 15.2. The zero-order valence-corrected chi connectivity index (χ0v) is 15.2. The largest absolute Gasteiger partial charge is 0.497 e. The fraction of sp³-hybridized carbons (Fsp3) is 0.211. The van der Waals surface area contributed by atoms with Crippen LogP contribution in [0, 0.1) is 0 Å². The van der Waals surface area contributed by atoms with E-state index in [1.807, 2.05) is 41.2 Å². The van der Waals surface area contributed by atoms with Crippen molar-refractivity contribution < 1.29 is 14.3 Å². The van der Waals surface area contributed by atoms with Gasteiger partial charge >= 0.3 is 0 Å². The summed E-state index contributed by atoms with van der Waals surface area (Å²) in [4.78, 5) is 12.3. The maximum Gasteiger partial charge on any atom is 0.251 e. The third-order valence-electron chi connectivity index (χ3n) is 3.85. The number of ether oxygens (including phenoxy) is 2. The predicted octanol–water partition coefficient (Wildman–Crippen LogP) is 2.13. The van der Waals surface area contributed by atoms with E-state index in [9.17, 15) is 4.79 Å². The van der Waals surface area contributed by atoms with Gasteiger partial charge in [0.1, 0.15) is 17.3 Å². The summed E-state index contributed by atoms with van der Waals surface area (Å²) in [5.74, 6) is 2.31. The first-order valence-corrected chi connectivity index (χ1v) is 8.42. The van der Waals surface area contributed by atoms with E-state index in [0.29, 0.717) is 36.0 Å². The van der Waals surface area contributed by atoms with E-state index in [4.69, 9.17) is 9.47 Å². The minimum absolute atomic E-state index is 0.206. The summed E-state index contributed by atoms with van der Waals surface area (Å²) in [5, 5.41) is 14.2. The number of amides is 1. The molecule has 3 rings (SSSR count). The normalized spacial score (nSPS) is 10.3. The molecular formula is C19H21N5O3. The Kier molecular flexibility index (Phi) is 5.88. The third-order valence-corrected chi connectivity index (χ3v) is 3.85. The molecule has 0 fully saturated rings. The highest BCUT2D eigenvalue weighted by molar-refractivity contribution is 5.95. The number of methoxy groups -OCH3 is 2. The molecule has 0 bridgehead atoms. The summed E-state index contributed by atoms with van der Waals surface area (Å²) >= 11 is 0. The second-order valence-electron chi connectivity index (χ2n) is 5.65. The van der Waals surface area contributed by atoms with E-state index in [0.717, 1.165) is 5.82 Å². The van der Waals surface area contributed by atoms with Crippen LogP contribution in [-0.4, -0.2) is 48.0 Å². The minimum atomic E-state index is -0.206. The molecule has 0 spiro atoms. The molecule has 3 aromatic rings. The highest BCUT2D eigenvalue weighted by atomic mass is 16.5. The predicted molar refractivity (Wildman–Crippen MR) is 102 cm³/mol. The van der Waals surface area contributed by atoms with Gasteiger partial charge < -0.3 is 24.7 Å². The summed E-state index contributed by atoms with van der Waals surface area (Å²) in [7, 11) is 3.09. The Hall–Kier alpha value is -3.55. The van der Waals surface area contributed by atoms with Gasteiger partial charge in [-0.15, -0.1) is 10.2 Å². The van der Waals surface area contributed by atoms with Crippen LogP contribution in [0.3, 0.4) is 0 Å². The SMILES string of the molecule is COc1cc(OC)cc(C(=O)NCCNc2ccc(-n3cccc3)nn2)c1. The third kappa shape index (κ3) is 4.75. The number of nitrogens with one attached hydrogen (secondary N) is 2. The molecule has 0 radical (unpaired) electrons. The summed E-state index contributed by atoms with van der Waals surface area (Å²) in [6.07, 6.45) is 3.81. The molecule has 8 heteroatoms. The van der Waals surface area contributed by atoms with Crippen LogP contribution < -0.4 is 20.1 Å². The molecule has 2 heterocycles. The van der Waals surface area contributed by atoms with Gasteiger partial charge in [-0.2, -0.15) is 0 Å². The fourth-order valence-electron chi connectivity index (χ4n) is 2.45. The van der Waals surface area contributed by atoms with Gasteiger partial charge in [-0.25, -0.2) is 0 Å². The van der Waals surface area contributed by atoms with Crippen molar-refractivity contribution in [3.63, 3.8) is 0 Å². The van der Waals surface area contributed by atoms with Crippen LogP contribution in [-0.2, 0) is 0 Å². The molecule has 0 aliphatic heterocycles. The number of hydrogen-bond donors (Lipinski definition) is 2. The molecule has 8 nitrogen and oxygen atoms in total. The highest BCUT2D eigenvalue weighted by Crippen LogP contribution is 2.22. The van der Waals surface area contributed by atoms with Crippen molar-refractivity contribution in [3.05, 3.63) is 60.4 Å². The van der Waals surface area contributed by atoms with Gasteiger partial charge in [0.05, 0.1) is 14.2 Å². The summed E-state index contributed by atoms with van der Waals surface area (Å²) in [6, 6.07) is 12.6. The standard InChI is InChI=1S/C19H21N5O3/c1-26-15-11-14(12-16(13-15)27-2)19(25)21-8-7-20-17-5-6-18(23-22-17)24-9-3-4-10-24/h3-6,9-13H,7-8H2,1-2H3,(H,20,22)(H,21,25). The maximum absolute atomic E-state index is 12.3. The fourth-order valence-corrected chi connectivity index (χ4v) is 2.45. The van der Waals surface area contributed by atoms with Crippen molar-refractivity contribution in [2.45, 2.75) is 0 Å². The first-order valence-electron chi connectivity index (χ1n) is 8.42. The Morgan fingerprint density at radius 2 is 1.70 bits per heavy atom. The Morgan fingerprint density at radius 1 is 1.00 bits per heavy atom. The van der Waals surface area contributed by atoms with Crippen molar-refractivity contribution in [1.82, 2.24) is 20.1 Å². The van der Waals surface area contributed by atoms with Crippen molar-refractivity contribution in [2.75, 3.05) is 32.6 Å². The first-order chi connectivity index (χ1) is 13.2. The average Bonchev–Trinajstić information content (AvgIpc) is 3.26. The average molecular weight is 367 g/mol. The summed E-state index contributed by atoms with van der Waals surface area (Å²) in [5.41, 5.74) is 0.474. The van der Waals surface area contributed by atoms with E-state index in [2.05, 4.69) is 20.8 Å². The number of aromatic nitrogens is 3. The van der Waals surface area contributed by atoms with Gasteiger partial charge in [0, 0.05) is 37.1 Å². The van der Waals surface area contributed by atoms with Crippen molar-refractivity contribution >= 4 is 11.7 Å². The molecule has 0 saturated heterocycles. The molecule has 27 heavy (non-hydrogen) atoms. The monoisotopic (exact) mass is 367 g/mol. The molecule has 2 aromatic heterocycles. The van der Waals surface area contributed by atoms with E-state index in [1.165, 1.54) is 0 Å². The highest BCUT2D eigenvalue weighted by Gasteiger charge is 2.09. The van der Waals surface area contributed by atoms with Gasteiger partial charge in [0.2, 0.25) is 0 Å².